The fourth-order valence-electron chi connectivity index (χ4n) is 5.36. The van der Waals surface area contributed by atoms with Crippen LogP contribution < -0.4 is 9.64 Å². The third-order valence-electron chi connectivity index (χ3n) is 7.34. The minimum absolute atomic E-state index is 0.0510. The molecule has 9 heteroatoms. The Kier molecular flexibility index (Phi) is 7.71. The second-order valence-corrected chi connectivity index (χ2v) is 13.3. The maximum Gasteiger partial charge on any atom is 0.171 e. The summed E-state index contributed by atoms with van der Waals surface area (Å²) in [5, 5.41) is 1.50. The molecule has 6 rings (SSSR count). The quantitative estimate of drug-likeness (QED) is 0.191. The van der Waals surface area contributed by atoms with Crippen LogP contribution in [-0.4, -0.2) is 46.5 Å². The van der Waals surface area contributed by atoms with Gasteiger partial charge in [-0.15, -0.1) is 11.3 Å². The molecule has 1 aliphatic heterocycles. The smallest absolute Gasteiger partial charge is 0.171 e. The van der Waals surface area contributed by atoms with Gasteiger partial charge in [0.25, 0.3) is 0 Å². The molecule has 0 radical (unpaired) electrons. The number of Topliss-reactive ketones (excluding diaryl/α,β-unsaturated/α-hetero) is 1. The summed E-state index contributed by atoms with van der Waals surface area (Å²) in [5.74, 6) is 1.54. The van der Waals surface area contributed by atoms with E-state index in [0.717, 1.165) is 72.4 Å². The Morgan fingerprint density at radius 1 is 1.07 bits per heavy atom. The maximum absolute atomic E-state index is 13.1. The summed E-state index contributed by atoms with van der Waals surface area (Å²) < 4.78 is 13.2. The standard InChI is InChI=1S/C34H33ClN4O3S/c1-19-15-26-31(29(21-7-9-24(35)10-8-21)28(19)30(20(2)40)42-34(3,4)5)43-33(38-26)22-11-12-36-25(16-22)23-17-27-32(37-18-23)39(6)13-14-41-27/h7-12,15-18,30H,13-14H2,1-6H3/t30-/m1/s1. The van der Waals surface area contributed by atoms with Crippen LogP contribution in [0.2, 0.25) is 5.02 Å². The first-order valence-electron chi connectivity index (χ1n) is 14.2. The van der Waals surface area contributed by atoms with Gasteiger partial charge in [-0.05, 0) is 82.1 Å². The van der Waals surface area contributed by atoms with Gasteiger partial charge in [0.05, 0.1) is 28.1 Å². The van der Waals surface area contributed by atoms with E-state index in [2.05, 4.69) is 20.9 Å². The first kappa shape index (κ1) is 29.2. The van der Waals surface area contributed by atoms with Crippen LogP contribution in [-0.2, 0) is 9.53 Å². The number of fused-ring (bicyclic) bond motifs is 2. The first-order valence-corrected chi connectivity index (χ1v) is 15.4. The van der Waals surface area contributed by atoms with E-state index in [-0.39, 0.29) is 5.78 Å². The molecule has 4 heterocycles. The molecule has 2 aromatic carbocycles. The van der Waals surface area contributed by atoms with Crippen molar-refractivity contribution in [2.24, 2.45) is 0 Å². The van der Waals surface area contributed by atoms with Gasteiger partial charge >= 0.3 is 0 Å². The van der Waals surface area contributed by atoms with Crippen LogP contribution >= 0.6 is 22.9 Å². The summed E-state index contributed by atoms with van der Waals surface area (Å²) in [6, 6.07) is 15.8. The number of likely N-dealkylation sites (N-methyl/N-ethyl adjacent to an activating group) is 1. The van der Waals surface area contributed by atoms with E-state index in [1.54, 1.807) is 24.5 Å². The molecule has 3 aromatic heterocycles. The Morgan fingerprint density at radius 2 is 1.84 bits per heavy atom. The second kappa shape index (κ2) is 11.3. The highest BCUT2D eigenvalue weighted by atomic mass is 35.5. The van der Waals surface area contributed by atoms with Crippen molar-refractivity contribution in [1.29, 1.82) is 0 Å². The molecule has 0 N–H and O–H groups in total. The van der Waals surface area contributed by atoms with Gasteiger partial charge in [-0.25, -0.2) is 9.97 Å². The molecule has 1 atom stereocenters. The number of pyridine rings is 2. The van der Waals surface area contributed by atoms with Gasteiger partial charge in [0, 0.05) is 46.7 Å². The predicted molar refractivity (Wildman–Crippen MR) is 174 cm³/mol. The molecule has 0 amide bonds. The second-order valence-electron chi connectivity index (χ2n) is 11.8. The third kappa shape index (κ3) is 5.87. The fraction of sp³-hybridized carbons (Fsp3) is 0.294. The molecule has 5 aromatic rings. The van der Waals surface area contributed by atoms with Crippen molar-refractivity contribution in [3.8, 4) is 38.7 Å². The molecule has 1 aliphatic rings. The monoisotopic (exact) mass is 612 g/mol. The van der Waals surface area contributed by atoms with Crippen LogP contribution in [0.4, 0.5) is 5.82 Å². The molecule has 0 bridgehead atoms. The molecular weight excluding hydrogens is 580 g/mol. The lowest BCUT2D eigenvalue weighted by molar-refractivity contribution is -0.138. The van der Waals surface area contributed by atoms with E-state index >= 15 is 0 Å². The van der Waals surface area contributed by atoms with Crippen molar-refractivity contribution in [1.82, 2.24) is 15.0 Å². The van der Waals surface area contributed by atoms with Crippen molar-refractivity contribution >= 4 is 44.8 Å². The number of hydrogen-bond donors (Lipinski definition) is 0. The number of carbonyl (C=O) groups excluding carboxylic acids is 1. The number of carbonyl (C=O) groups is 1. The molecule has 0 fully saturated rings. The summed E-state index contributed by atoms with van der Waals surface area (Å²) in [4.78, 5) is 29.5. The number of halogens is 1. The molecule has 0 aliphatic carbocycles. The summed E-state index contributed by atoms with van der Waals surface area (Å²) in [5.41, 5.74) is 6.63. The van der Waals surface area contributed by atoms with E-state index in [0.29, 0.717) is 11.6 Å². The Labute approximate surface area is 260 Å². The molecule has 220 valence electrons. The van der Waals surface area contributed by atoms with E-state index in [4.69, 9.17) is 26.1 Å². The molecule has 0 unspecified atom stereocenters. The highest BCUT2D eigenvalue weighted by Gasteiger charge is 2.30. The SMILES string of the molecule is CC(=O)[C@@H](OC(C)(C)C)c1c(C)cc2nc(-c3ccnc(-c4cnc5c(c4)OCCN5C)c3)sc2c1-c1ccc(Cl)cc1. The average Bonchev–Trinajstić information content (AvgIpc) is 3.39. The highest BCUT2D eigenvalue weighted by Crippen LogP contribution is 2.45. The number of aryl methyl sites for hydroxylation is 1. The molecular formula is C34H33ClN4O3S. The van der Waals surface area contributed by atoms with Crippen LogP contribution in [0.15, 0.2) is 60.9 Å². The predicted octanol–water partition coefficient (Wildman–Crippen LogP) is 8.32. The van der Waals surface area contributed by atoms with E-state index in [1.165, 1.54) is 0 Å². The molecule has 7 nitrogen and oxygen atoms in total. The minimum atomic E-state index is -0.731. The number of thiazole rings is 1. The number of aromatic nitrogens is 3. The van der Waals surface area contributed by atoms with Crippen molar-refractivity contribution in [2.45, 2.75) is 46.3 Å². The van der Waals surface area contributed by atoms with E-state index in [1.807, 2.05) is 83.4 Å². The van der Waals surface area contributed by atoms with E-state index < -0.39 is 11.7 Å². The van der Waals surface area contributed by atoms with Gasteiger partial charge < -0.3 is 14.4 Å². The molecule has 0 saturated heterocycles. The fourth-order valence-corrected chi connectivity index (χ4v) is 6.61. The summed E-state index contributed by atoms with van der Waals surface area (Å²) in [6.07, 6.45) is 2.90. The minimum Gasteiger partial charge on any atom is -0.488 e. The van der Waals surface area contributed by atoms with Gasteiger partial charge in [-0.1, -0.05) is 23.7 Å². The summed E-state index contributed by atoms with van der Waals surface area (Å²) >= 11 is 7.86. The lowest BCUT2D eigenvalue weighted by atomic mass is 9.90. The Balaban J connectivity index is 1.50. The summed E-state index contributed by atoms with van der Waals surface area (Å²) in [6.45, 7) is 10.9. The van der Waals surface area contributed by atoms with Crippen molar-refractivity contribution < 1.29 is 14.3 Å². The van der Waals surface area contributed by atoms with Crippen LogP contribution in [0.3, 0.4) is 0 Å². The average molecular weight is 613 g/mol. The zero-order valence-corrected chi connectivity index (χ0v) is 26.6. The van der Waals surface area contributed by atoms with Gasteiger partial charge in [0.15, 0.2) is 17.4 Å². The number of anilines is 1. The highest BCUT2D eigenvalue weighted by molar-refractivity contribution is 7.22. The van der Waals surface area contributed by atoms with Crippen molar-refractivity contribution in [3.05, 3.63) is 77.1 Å². The Bertz CT molecular complexity index is 1850. The third-order valence-corrected chi connectivity index (χ3v) is 8.73. The molecule has 0 saturated carbocycles. The van der Waals surface area contributed by atoms with Gasteiger partial charge in [-0.2, -0.15) is 0 Å². The van der Waals surface area contributed by atoms with Gasteiger partial charge in [0.2, 0.25) is 0 Å². The topological polar surface area (TPSA) is 77.4 Å². The van der Waals surface area contributed by atoms with Crippen LogP contribution in [0.1, 0.15) is 44.9 Å². The van der Waals surface area contributed by atoms with Crippen LogP contribution in [0.25, 0.3) is 43.2 Å². The normalized spacial score (nSPS) is 14.0. The lowest BCUT2D eigenvalue weighted by Gasteiger charge is -2.29. The number of nitrogens with zero attached hydrogens (tertiary/aromatic N) is 4. The Morgan fingerprint density at radius 3 is 2.56 bits per heavy atom. The number of hydrogen-bond acceptors (Lipinski definition) is 8. The molecule has 0 spiro atoms. The largest absolute Gasteiger partial charge is 0.488 e. The van der Waals surface area contributed by atoms with Crippen molar-refractivity contribution in [3.63, 3.8) is 0 Å². The van der Waals surface area contributed by atoms with Crippen LogP contribution in [0.5, 0.6) is 5.75 Å². The maximum atomic E-state index is 13.1. The van der Waals surface area contributed by atoms with E-state index in [9.17, 15) is 4.79 Å². The number of rotatable bonds is 6. The van der Waals surface area contributed by atoms with Gasteiger partial charge in [-0.3, -0.25) is 9.78 Å². The number of ether oxygens (including phenoxy) is 2. The van der Waals surface area contributed by atoms with Gasteiger partial charge in [0.1, 0.15) is 17.7 Å². The zero-order valence-electron chi connectivity index (χ0n) is 25.1. The first-order chi connectivity index (χ1) is 20.5. The number of benzene rings is 2. The molecule has 43 heavy (non-hydrogen) atoms. The zero-order chi connectivity index (χ0) is 30.5. The van der Waals surface area contributed by atoms with Crippen LogP contribution in [0, 0.1) is 6.92 Å². The summed E-state index contributed by atoms with van der Waals surface area (Å²) in [7, 11) is 2.01. The Hall–Kier alpha value is -3.85. The van der Waals surface area contributed by atoms with Crippen molar-refractivity contribution in [2.75, 3.05) is 25.1 Å². The lowest BCUT2D eigenvalue weighted by Crippen LogP contribution is -2.29. The number of ketones is 1.